The predicted octanol–water partition coefficient (Wildman–Crippen LogP) is 2.67. The van der Waals surface area contributed by atoms with E-state index in [9.17, 15) is 9.59 Å². The van der Waals surface area contributed by atoms with Crippen molar-refractivity contribution < 1.29 is 9.59 Å². The Morgan fingerprint density at radius 1 is 0.933 bits per heavy atom. The molecule has 15 heavy (non-hydrogen) atoms. The summed E-state index contributed by atoms with van der Waals surface area (Å²) in [6, 6.07) is 0. The van der Waals surface area contributed by atoms with Gasteiger partial charge >= 0.3 is 0 Å². The largest absolute Gasteiger partial charge is 0.299 e. The maximum absolute atomic E-state index is 9.94. The molecule has 0 aliphatic carbocycles. The van der Waals surface area contributed by atoms with Crippen molar-refractivity contribution in [2.24, 2.45) is 0 Å². The third kappa shape index (κ3) is 12.6. The smallest absolute Gasteiger partial charge is 0.192 e. The highest BCUT2D eigenvalue weighted by molar-refractivity contribution is 5.72. The van der Waals surface area contributed by atoms with Gasteiger partial charge in [-0.05, 0) is 31.3 Å². The summed E-state index contributed by atoms with van der Waals surface area (Å²) < 4.78 is 0. The third-order valence-electron chi connectivity index (χ3n) is 2.05. The number of hydrogen-bond donors (Lipinski definition) is 0. The van der Waals surface area contributed by atoms with Gasteiger partial charge in [0.25, 0.3) is 0 Å². The standard InChI is InChI=1S/C13H18O2/c14-12-10-8-6-4-2-1-3-5-7-9-11-13-15/h8,10,12-13H,1-7H2/b10-8+. The van der Waals surface area contributed by atoms with Gasteiger partial charge in [-0.25, -0.2) is 0 Å². The molecule has 0 spiro atoms. The Kier molecular flexibility index (Phi) is 11.5. The fourth-order valence-electron chi connectivity index (χ4n) is 1.27. The number of carbonyl (C=O) groups excluding carboxylic acids is 2. The van der Waals surface area contributed by atoms with Crippen molar-refractivity contribution in [1.82, 2.24) is 0 Å². The first-order valence-corrected chi connectivity index (χ1v) is 5.44. The van der Waals surface area contributed by atoms with Crippen LogP contribution in [0.2, 0.25) is 0 Å². The fraction of sp³-hybridized carbons (Fsp3) is 0.538. The van der Waals surface area contributed by atoms with E-state index in [1.807, 2.05) is 6.08 Å². The van der Waals surface area contributed by atoms with Crippen molar-refractivity contribution in [3.63, 3.8) is 0 Å². The van der Waals surface area contributed by atoms with E-state index in [1.54, 1.807) is 6.08 Å². The fourth-order valence-corrected chi connectivity index (χ4v) is 1.27. The molecule has 0 saturated carbocycles. The Hall–Kier alpha value is -1.36. The van der Waals surface area contributed by atoms with E-state index >= 15 is 0 Å². The summed E-state index contributed by atoms with van der Waals surface area (Å²) in [6.45, 7) is 0. The van der Waals surface area contributed by atoms with Crippen molar-refractivity contribution in [2.45, 2.75) is 44.9 Å². The van der Waals surface area contributed by atoms with Gasteiger partial charge in [-0.2, -0.15) is 0 Å². The van der Waals surface area contributed by atoms with Gasteiger partial charge in [-0.15, -0.1) is 0 Å². The molecule has 0 atom stereocenters. The molecule has 0 radical (unpaired) electrons. The Bertz CT molecular complexity index is 243. The van der Waals surface area contributed by atoms with Crippen LogP contribution < -0.4 is 0 Å². The SMILES string of the molecule is O=CC#CCCCCCCC/C=C/C=O. The van der Waals surface area contributed by atoms with Crippen molar-refractivity contribution in [1.29, 1.82) is 0 Å². The molecule has 82 valence electrons. The van der Waals surface area contributed by atoms with Crippen LogP contribution in [0.25, 0.3) is 0 Å². The van der Waals surface area contributed by atoms with E-state index in [-0.39, 0.29) is 0 Å². The molecule has 0 amide bonds. The summed E-state index contributed by atoms with van der Waals surface area (Å²) in [7, 11) is 0. The van der Waals surface area contributed by atoms with E-state index in [2.05, 4.69) is 11.8 Å². The summed E-state index contributed by atoms with van der Waals surface area (Å²) in [6.07, 6.45) is 12.5. The van der Waals surface area contributed by atoms with Crippen LogP contribution in [-0.2, 0) is 9.59 Å². The minimum atomic E-state index is 0.638. The highest BCUT2D eigenvalue weighted by atomic mass is 16.1. The van der Waals surface area contributed by atoms with Gasteiger partial charge in [0, 0.05) is 6.42 Å². The normalized spacial score (nSPS) is 9.60. The van der Waals surface area contributed by atoms with Gasteiger partial charge in [0.2, 0.25) is 0 Å². The minimum Gasteiger partial charge on any atom is -0.299 e. The number of aldehydes is 2. The lowest BCUT2D eigenvalue weighted by Gasteiger charge is -1.96. The summed E-state index contributed by atoms with van der Waals surface area (Å²) >= 11 is 0. The number of allylic oxidation sites excluding steroid dienone is 2. The van der Waals surface area contributed by atoms with Crippen LogP contribution >= 0.6 is 0 Å². The Balaban J connectivity index is 3.08. The molecule has 2 heteroatoms. The van der Waals surface area contributed by atoms with E-state index < -0.39 is 0 Å². The predicted molar refractivity (Wildman–Crippen MR) is 61.4 cm³/mol. The summed E-state index contributed by atoms with van der Waals surface area (Å²) in [5.41, 5.74) is 0. The average molecular weight is 206 g/mol. The lowest BCUT2D eigenvalue weighted by atomic mass is 10.1. The first kappa shape index (κ1) is 13.6. The molecule has 0 aliphatic rings. The van der Waals surface area contributed by atoms with Crippen LogP contribution in [0, 0.1) is 11.8 Å². The van der Waals surface area contributed by atoms with Gasteiger partial charge in [0.05, 0.1) is 0 Å². The van der Waals surface area contributed by atoms with Gasteiger partial charge in [-0.1, -0.05) is 31.3 Å². The van der Waals surface area contributed by atoms with Crippen LogP contribution in [-0.4, -0.2) is 12.6 Å². The summed E-state index contributed by atoms with van der Waals surface area (Å²) in [5, 5.41) is 0. The molecule has 0 aliphatic heterocycles. The van der Waals surface area contributed by atoms with E-state index in [0.717, 1.165) is 32.0 Å². The first-order valence-electron chi connectivity index (χ1n) is 5.44. The highest BCUT2D eigenvalue weighted by Gasteiger charge is 1.88. The molecule has 0 heterocycles. The zero-order valence-corrected chi connectivity index (χ0v) is 9.08. The summed E-state index contributed by atoms with van der Waals surface area (Å²) in [5.74, 6) is 5.19. The van der Waals surface area contributed by atoms with Gasteiger partial charge in [-0.3, -0.25) is 9.59 Å². The molecule has 2 nitrogen and oxygen atoms in total. The zero-order valence-electron chi connectivity index (χ0n) is 9.08. The molecule has 0 rings (SSSR count). The Labute approximate surface area is 91.8 Å². The van der Waals surface area contributed by atoms with Gasteiger partial charge in [0.15, 0.2) is 6.29 Å². The molecule has 0 fully saturated rings. The zero-order chi connectivity index (χ0) is 11.2. The van der Waals surface area contributed by atoms with E-state index in [4.69, 9.17) is 0 Å². The molecular formula is C13H18O2. The van der Waals surface area contributed by atoms with Crippen LogP contribution in [0.5, 0.6) is 0 Å². The van der Waals surface area contributed by atoms with Crippen molar-refractivity contribution in [3.8, 4) is 11.8 Å². The molecule has 0 aromatic rings. The van der Waals surface area contributed by atoms with Crippen LogP contribution in [0.4, 0.5) is 0 Å². The Morgan fingerprint density at radius 2 is 1.67 bits per heavy atom. The lowest BCUT2D eigenvalue weighted by Crippen LogP contribution is -1.78. The maximum atomic E-state index is 9.94. The first-order chi connectivity index (χ1) is 7.41. The molecule has 0 bridgehead atoms. The van der Waals surface area contributed by atoms with Crippen molar-refractivity contribution in [2.75, 3.05) is 0 Å². The molecular weight excluding hydrogens is 188 g/mol. The minimum absolute atomic E-state index is 0.638. The van der Waals surface area contributed by atoms with Crippen LogP contribution in [0.3, 0.4) is 0 Å². The second-order valence-electron chi connectivity index (χ2n) is 3.31. The van der Waals surface area contributed by atoms with E-state index in [0.29, 0.717) is 6.29 Å². The maximum Gasteiger partial charge on any atom is 0.192 e. The average Bonchev–Trinajstić information content (AvgIpc) is 2.26. The highest BCUT2D eigenvalue weighted by Crippen LogP contribution is 2.06. The number of rotatable bonds is 8. The Morgan fingerprint density at radius 3 is 2.40 bits per heavy atom. The van der Waals surface area contributed by atoms with E-state index in [1.165, 1.54) is 19.3 Å². The second-order valence-corrected chi connectivity index (χ2v) is 3.31. The molecule has 0 saturated heterocycles. The van der Waals surface area contributed by atoms with Crippen LogP contribution in [0.1, 0.15) is 44.9 Å². The second kappa shape index (κ2) is 12.6. The van der Waals surface area contributed by atoms with Crippen molar-refractivity contribution in [3.05, 3.63) is 12.2 Å². The molecule has 0 aromatic carbocycles. The number of hydrogen-bond acceptors (Lipinski definition) is 2. The lowest BCUT2D eigenvalue weighted by molar-refractivity contribution is -0.104. The monoisotopic (exact) mass is 206 g/mol. The molecule has 0 N–H and O–H groups in total. The van der Waals surface area contributed by atoms with Gasteiger partial charge < -0.3 is 0 Å². The quantitative estimate of drug-likeness (QED) is 0.265. The number of carbonyl (C=O) groups is 2. The topological polar surface area (TPSA) is 34.1 Å². The summed E-state index contributed by atoms with van der Waals surface area (Å²) in [4.78, 5) is 19.8. The molecule has 0 aromatic heterocycles. The van der Waals surface area contributed by atoms with Gasteiger partial charge in [0.1, 0.15) is 6.29 Å². The number of unbranched alkanes of at least 4 members (excludes halogenated alkanes) is 6. The van der Waals surface area contributed by atoms with Crippen LogP contribution in [0.15, 0.2) is 12.2 Å². The molecule has 0 unspecified atom stereocenters. The van der Waals surface area contributed by atoms with Crippen molar-refractivity contribution >= 4 is 12.6 Å². The third-order valence-corrected chi connectivity index (χ3v) is 2.05.